The molecule has 0 aliphatic carbocycles. The number of nitrogens with one attached hydrogen (secondary N) is 1. The highest BCUT2D eigenvalue weighted by molar-refractivity contribution is 5.90. The fourth-order valence-electron chi connectivity index (χ4n) is 5.56. The molecule has 1 saturated heterocycles. The molecule has 6 rings (SSSR count). The number of aryl methyl sites for hydroxylation is 1. The number of aromatic nitrogens is 4. The molecule has 7 nitrogen and oxygen atoms in total. The number of hydrogen-bond acceptors (Lipinski definition) is 5. The van der Waals surface area contributed by atoms with Gasteiger partial charge < -0.3 is 5.32 Å². The molecule has 0 spiro atoms. The lowest BCUT2D eigenvalue weighted by Crippen LogP contribution is -2.46. The molecule has 7 heteroatoms. The number of hydrogen-bond donors (Lipinski definition) is 1. The van der Waals surface area contributed by atoms with Crippen LogP contribution in [0.5, 0.6) is 0 Å². The minimum Gasteiger partial charge on any atom is -0.351 e. The van der Waals surface area contributed by atoms with Crippen molar-refractivity contribution >= 4 is 22.6 Å². The van der Waals surface area contributed by atoms with Crippen LogP contribution in [0.15, 0.2) is 72.9 Å². The van der Waals surface area contributed by atoms with Crippen LogP contribution in [0.2, 0.25) is 0 Å². The van der Waals surface area contributed by atoms with Crippen molar-refractivity contribution in [2.75, 3.05) is 13.1 Å². The number of carbonyl (C=O) groups excluding carboxylic acids is 1. The van der Waals surface area contributed by atoms with Crippen LogP contribution < -0.4 is 5.32 Å². The Labute approximate surface area is 235 Å². The summed E-state index contributed by atoms with van der Waals surface area (Å²) < 4.78 is 1.84. The molecule has 204 valence electrons. The van der Waals surface area contributed by atoms with E-state index in [0.29, 0.717) is 0 Å². The normalized spacial score (nSPS) is 15.1. The third kappa shape index (κ3) is 5.47. The van der Waals surface area contributed by atoms with Gasteiger partial charge in [0.25, 0.3) is 0 Å². The number of piperidine rings is 1. The van der Waals surface area contributed by atoms with E-state index in [2.05, 4.69) is 74.9 Å². The number of rotatable bonds is 5. The molecule has 1 N–H and O–H groups in total. The maximum Gasteiger partial charge on any atom is 0.223 e. The molecule has 3 aromatic heterocycles. The largest absolute Gasteiger partial charge is 0.351 e. The van der Waals surface area contributed by atoms with Crippen molar-refractivity contribution in [1.82, 2.24) is 29.8 Å². The molecule has 2 aromatic carbocycles. The minimum absolute atomic E-state index is 0.105. The Morgan fingerprint density at radius 3 is 2.40 bits per heavy atom. The highest BCUT2D eigenvalue weighted by Gasteiger charge is 2.27. The van der Waals surface area contributed by atoms with Gasteiger partial charge in [0.05, 0.1) is 11.4 Å². The average Bonchev–Trinajstić information content (AvgIpc) is 3.33. The number of pyridine rings is 1. The topological polar surface area (TPSA) is 75.4 Å². The summed E-state index contributed by atoms with van der Waals surface area (Å²) in [4.78, 5) is 24.8. The maximum atomic E-state index is 12.6. The van der Waals surface area contributed by atoms with Gasteiger partial charge in [0, 0.05) is 46.8 Å². The Morgan fingerprint density at radius 1 is 0.975 bits per heavy atom. The van der Waals surface area contributed by atoms with Crippen molar-refractivity contribution in [3.05, 3.63) is 84.2 Å². The molecule has 4 heterocycles. The zero-order valence-electron chi connectivity index (χ0n) is 23.7. The van der Waals surface area contributed by atoms with Crippen LogP contribution in [0.1, 0.15) is 44.9 Å². The SMILES string of the molecule is Cc1cc2ncc3cc(-c4ccccc4)c(-c4ccc(CN5CCC(C(=O)NC(C)(C)C)CC5)cc4)nc3n2n1. The van der Waals surface area contributed by atoms with Gasteiger partial charge in [-0.3, -0.25) is 9.69 Å². The van der Waals surface area contributed by atoms with Gasteiger partial charge in [-0.15, -0.1) is 0 Å². The smallest absolute Gasteiger partial charge is 0.223 e. The van der Waals surface area contributed by atoms with Gasteiger partial charge in [-0.1, -0.05) is 54.6 Å². The van der Waals surface area contributed by atoms with E-state index in [4.69, 9.17) is 4.98 Å². The molecule has 1 amide bonds. The van der Waals surface area contributed by atoms with Crippen LogP contribution in [0.3, 0.4) is 0 Å². The number of benzene rings is 2. The van der Waals surface area contributed by atoms with E-state index in [1.165, 1.54) is 5.56 Å². The monoisotopic (exact) mass is 532 g/mol. The lowest BCUT2D eigenvalue weighted by molar-refractivity contribution is -0.127. The van der Waals surface area contributed by atoms with Gasteiger partial charge in [0.15, 0.2) is 11.3 Å². The summed E-state index contributed by atoms with van der Waals surface area (Å²) >= 11 is 0. The Balaban J connectivity index is 1.26. The van der Waals surface area contributed by atoms with Crippen molar-refractivity contribution in [3.63, 3.8) is 0 Å². The zero-order chi connectivity index (χ0) is 27.9. The van der Waals surface area contributed by atoms with Gasteiger partial charge in [-0.05, 0) is 70.8 Å². The Bertz CT molecular complexity index is 1660. The molecule has 0 radical (unpaired) electrons. The molecule has 0 saturated carbocycles. The quantitative estimate of drug-likeness (QED) is 0.298. The van der Waals surface area contributed by atoms with Gasteiger partial charge >= 0.3 is 0 Å². The van der Waals surface area contributed by atoms with Crippen LogP contribution in [0.25, 0.3) is 39.1 Å². The number of carbonyl (C=O) groups is 1. The van der Waals surface area contributed by atoms with Gasteiger partial charge in [0.1, 0.15) is 0 Å². The second kappa shape index (κ2) is 10.5. The third-order valence-electron chi connectivity index (χ3n) is 7.56. The number of amides is 1. The Hall–Kier alpha value is -4.10. The van der Waals surface area contributed by atoms with E-state index < -0.39 is 0 Å². The van der Waals surface area contributed by atoms with Crippen LogP contribution in [-0.2, 0) is 11.3 Å². The van der Waals surface area contributed by atoms with E-state index in [0.717, 1.165) is 77.2 Å². The van der Waals surface area contributed by atoms with Crippen molar-refractivity contribution in [2.45, 2.75) is 52.6 Å². The first kappa shape index (κ1) is 26.1. The number of fused-ring (bicyclic) bond motifs is 3. The van der Waals surface area contributed by atoms with Crippen LogP contribution in [0.4, 0.5) is 0 Å². The van der Waals surface area contributed by atoms with Crippen LogP contribution in [-0.4, -0.2) is 49.0 Å². The molecule has 1 aliphatic heterocycles. The van der Waals surface area contributed by atoms with Crippen molar-refractivity contribution in [1.29, 1.82) is 0 Å². The van der Waals surface area contributed by atoms with Crippen LogP contribution >= 0.6 is 0 Å². The van der Waals surface area contributed by atoms with Crippen LogP contribution in [0, 0.1) is 12.8 Å². The van der Waals surface area contributed by atoms with E-state index in [-0.39, 0.29) is 17.4 Å². The van der Waals surface area contributed by atoms with Gasteiger partial charge in [-0.25, -0.2) is 9.97 Å². The molecule has 5 aromatic rings. The predicted octanol–water partition coefficient (Wildman–Crippen LogP) is 6.05. The summed E-state index contributed by atoms with van der Waals surface area (Å²) in [5.74, 6) is 0.292. The average molecular weight is 533 g/mol. The standard InChI is InChI=1S/C33H36N6O/c1-22-18-29-34-20-27-19-28(24-8-6-5-7-9-24)30(35-31(27)39(29)37-22)25-12-10-23(11-13-25)21-38-16-14-26(15-17-38)32(40)36-33(2,3)4/h5-13,18-20,26H,14-17,21H2,1-4H3,(H,36,40). The molecular formula is C33H36N6O. The molecule has 0 bridgehead atoms. The maximum absolute atomic E-state index is 12.6. The third-order valence-corrected chi connectivity index (χ3v) is 7.56. The van der Waals surface area contributed by atoms with Crippen molar-refractivity contribution in [3.8, 4) is 22.4 Å². The Morgan fingerprint density at radius 2 is 1.70 bits per heavy atom. The second-order valence-electron chi connectivity index (χ2n) is 12.0. The first-order valence-electron chi connectivity index (χ1n) is 14.1. The van der Waals surface area contributed by atoms with E-state index in [9.17, 15) is 4.79 Å². The molecule has 0 atom stereocenters. The van der Waals surface area contributed by atoms with Crippen molar-refractivity contribution in [2.24, 2.45) is 5.92 Å². The predicted molar refractivity (Wildman–Crippen MR) is 160 cm³/mol. The number of nitrogens with zero attached hydrogens (tertiary/aromatic N) is 5. The second-order valence-corrected chi connectivity index (χ2v) is 12.0. The molecule has 1 fully saturated rings. The fraction of sp³-hybridized carbons (Fsp3) is 0.333. The summed E-state index contributed by atoms with van der Waals surface area (Å²) in [5, 5.41) is 8.75. The minimum atomic E-state index is -0.184. The molecule has 40 heavy (non-hydrogen) atoms. The Kier molecular flexibility index (Phi) is 6.84. The summed E-state index contributed by atoms with van der Waals surface area (Å²) in [6.07, 6.45) is 3.68. The highest BCUT2D eigenvalue weighted by atomic mass is 16.2. The molecule has 0 unspecified atom stereocenters. The molecule has 1 aliphatic rings. The molecular weight excluding hydrogens is 496 g/mol. The lowest BCUT2D eigenvalue weighted by Gasteiger charge is -2.33. The van der Waals surface area contributed by atoms with E-state index in [1.807, 2.05) is 50.5 Å². The van der Waals surface area contributed by atoms with Gasteiger partial charge in [-0.2, -0.15) is 9.61 Å². The van der Waals surface area contributed by atoms with E-state index in [1.54, 1.807) is 0 Å². The summed E-state index contributed by atoms with van der Waals surface area (Å²) in [6.45, 7) is 10.8. The highest BCUT2D eigenvalue weighted by Crippen LogP contribution is 2.34. The van der Waals surface area contributed by atoms with E-state index >= 15 is 0 Å². The summed E-state index contributed by atoms with van der Waals surface area (Å²) in [6, 6.07) is 23.3. The zero-order valence-corrected chi connectivity index (χ0v) is 23.7. The summed E-state index contributed by atoms with van der Waals surface area (Å²) in [5.41, 5.74) is 7.77. The number of likely N-dealkylation sites (tertiary alicyclic amines) is 1. The van der Waals surface area contributed by atoms with Crippen molar-refractivity contribution < 1.29 is 4.79 Å². The fourth-order valence-corrected chi connectivity index (χ4v) is 5.56. The first-order valence-corrected chi connectivity index (χ1v) is 14.1. The first-order chi connectivity index (χ1) is 19.2. The lowest BCUT2D eigenvalue weighted by atomic mass is 9.94. The van der Waals surface area contributed by atoms with Gasteiger partial charge in [0.2, 0.25) is 5.91 Å². The summed E-state index contributed by atoms with van der Waals surface area (Å²) in [7, 11) is 0.